The Balaban J connectivity index is 1.66. The van der Waals surface area contributed by atoms with Crippen LogP contribution in [0, 0.1) is 5.82 Å². The Morgan fingerprint density at radius 2 is 1.80 bits per heavy atom. The fraction of sp³-hybridized carbons (Fsp3) is 0.385. The average molecular weight is 297 g/mol. The molecule has 5 nitrogen and oxygen atoms in total. The van der Waals surface area contributed by atoms with Crippen molar-refractivity contribution in [3.05, 3.63) is 36.0 Å². The van der Waals surface area contributed by atoms with Crippen molar-refractivity contribution in [2.24, 2.45) is 0 Å². The molecular weight excluding hydrogens is 283 g/mol. The quantitative estimate of drug-likeness (QED) is 0.813. The highest BCUT2D eigenvalue weighted by Gasteiger charge is 2.22. The minimum atomic E-state index is -0.192. The van der Waals surface area contributed by atoms with Crippen LogP contribution in [0.15, 0.2) is 28.7 Å². The number of halogens is 2. The lowest BCUT2D eigenvalue weighted by atomic mass is 10.2. The highest BCUT2D eigenvalue weighted by atomic mass is 35.5. The molecule has 1 aromatic carbocycles. The van der Waals surface area contributed by atoms with E-state index in [4.69, 9.17) is 16.0 Å². The van der Waals surface area contributed by atoms with Gasteiger partial charge in [0.2, 0.25) is 5.89 Å². The Morgan fingerprint density at radius 3 is 2.45 bits per heavy atom. The van der Waals surface area contributed by atoms with E-state index >= 15 is 0 Å². The first kappa shape index (κ1) is 13.2. The van der Waals surface area contributed by atoms with Gasteiger partial charge in [0.15, 0.2) is 0 Å². The van der Waals surface area contributed by atoms with E-state index in [2.05, 4.69) is 10.2 Å². The van der Waals surface area contributed by atoms with E-state index in [1.807, 2.05) is 15.9 Å². The summed E-state index contributed by atoms with van der Waals surface area (Å²) in [6.07, 6.45) is 0. The number of hydrogen-bond donors (Lipinski definition) is 0. The van der Waals surface area contributed by atoms with Gasteiger partial charge in [0.1, 0.15) is 11.7 Å². The molecule has 0 bridgehead atoms. The van der Waals surface area contributed by atoms with Crippen molar-refractivity contribution in [1.29, 1.82) is 0 Å². The van der Waals surface area contributed by atoms with E-state index in [9.17, 15) is 4.39 Å². The van der Waals surface area contributed by atoms with E-state index in [0.29, 0.717) is 43.8 Å². The van der Waals surface area contributed by atoms with E-state index < -0.39 is 0 Å². The number of para-hydroxylation sites is 1. The minimum absolute atomic E-state index is 0.192. The molecule has 0 spiro atoms. The van der Waals surface area contributed by atoms with Crippen LogP contribution in [-0.2, 0) is 5.88 Å². The average Bonchev–Trinajstić information content (AvgIpc) is 2.97. The van der Waals surface area contributed by atoms with Gasteiger partial charge < -0.3 is 14.2 Å². The van der Waals surface area contributed by atoms with Crippen LogP contribution in [0.3, 0.4) is 0 Å². The molecule has 0 radical (unpaired) electrons. The molecule has 3 rings (SSSR count). The molecule has 0 atom stereocenters. The summed E-state index contributed by atoms with van der Waals surface area (Å²) in [6.45, 7) is 2.83. The third-order valence-corrected chi connectivity index (χ3v) is 3.54. The first-order valence-electron chi connectivity index (χ1n) is 6.40. The molecule has 0 aliphatic carbocycles. The smallest absolute Gasteiger partial charge is 0.318 e. The molecule has 1 aliphatic heterocycles. The van der Waals surface area contributed by atoms with Crippen molar-refractivity contribution in [2.45, 2.75) is 5.88 Å². The van der Waals surface area contributed by atoms with Crippen molar-refractivity contribution in [3.8, 4) is 0 Å². The van der Waals surface area contributed by atoms with E-state index in [0.717, 1.165) is 0 Å². The summed E-state index contributed by atoms with van der Waals surface area (Å²) < 4.78 is 19.1. The molecule has 1 saturated heterocycles. The molecule has 106 valence electrons. The Bertz CT molecular complexity index is 583. The van der Waals surface area contributed by atoms with Crippen LogP contribution in [0.5, 0.6) is 0 Å². The van der Waals surface area contributed by atoms with Gasteiger partial charge in [-0.15, -0.1) is 16.7 Å². The lowest BCUT2D eigenvalue weighted by Crippen LogP contribution is -2.47. The first-order chi connectivity index (χ1) is 9.78. The normalized spacial score (nSPS) is 15.7. The number of piperazine rings is 1. The van der Waals surface area contributed by atoms with Crippen LogP contribution in [0.1, 0.15) is 5.89 Å². The second-order valence-corrected chi connectivity index (χ2v) is 4.80. The van der Waals surface area contributed by atoms with Crippen LogP contribution in [-0.4, -0.2) is 36.4 Å². The van der Waals surface area contributed by atoms with Gasteiger partial charge in [0, 0.05) is 26.2 Å². The van der Waals surface area contributed by atoms with Crippen molar-refractivity contribution in [2.75, 3.05) is 36.0 Å². The zero-order valence-corrected chi connectivity index (χ0v) is 11.6. The second kappa shape index (κ2) is 5.66. The van der Waals surface area contributed by atoms with E-state index in [-0.39, 0.29) is 11.7 Å². The van der Waals surface area contributed by atoms with Crippen LogP contribution in [0.25, 0.3) is 0 Å². The summed E-state index contributed by atoms with van der Waals surface area (Å²) in [4.78, 5) is 4.01. The van der Waals surface area contributed by atoms with Gasteiger partial charge in [0.05, 0.1) is 5.69 Å². The molecule has 1 aliphatic rings. The maximum absolute atomic E-state index is 13.7. The van der Waals surface area contributed by atoms with Crippen LogP contribution >= 0.6 is 11.6 Å². The molecular formula is C13H14ClFN4O. The number of alkyl halides is 1. The van der Waals surface area contributed by atoms with Crippen LogP contribution in [0.4, 0.5) is 16.1 Å². The van der Waals surface area contributed by atoms with Crippen LogP contribution < -0.4 is 9.80 Å². The minimum Gasteiger partial charge on any atom is -0.407 e. The number of aromatic nitrogens is 2. The van der Waals surface area contributed by atoms with E-state index in [1.54, 1.807) is 12.1 Å². The molecule has 1 fully saturated rings. The Kier molecular flexibility index (Phi) is 3.73. The van der Waals surface area contributed by atoms with Gasteiger partial charge in [-0.3, -0.25) is 0 Å². The number of hydrogen-bond acceptors (Lipinski definition) is 5. The fourth-order valence-electron chi connectivity index (χ4n) is 2.27. The van der Waals surface area contributed by atoms with Crippen molar-refractivity contribution in [1.82, 2.24) is 10.2 Å². The third-order valence-electron chi connectivity index (χ3n) is 3.31. The lowest BCUT2D eigenvalue weighted by molar-refractivity contribution is 0.487. The van der Waals surface area contributed by atoms with Gasteiger partial charge in [-0.1, -0.05) is 17.2 Å². The summed E-state index contributed by atoms with van der Waals surface area (Å²) in [7, 11) is 0. The van der Waals surface area contributed by atoms with Crippen LogP contribution in [0.2, 0.25) is 0 Å². The Labute approximate surface area is 120 Å². The molecule has 2 aromatic rings. The predicted octanol–water partition coefficient (Wildman–Crippen LogP) is 2.27. The zero-order chi connectivity index (χ0) is 13.9. The van der Waals surface area contributed by atoms with Gasteiger partial charge in [-0.05, 0) is 12.1 Å². The Hall–Kier alpha value is -1.82. The molecule has 0 unspecified atom stereocenters. The maximum atomic E-state index is 13.7. The Morgan fingerprint density at radius 1 is 1.10 bits per heavy atom. The molecule has 0 saturated carbocycles. The number of rotatable bonds is 3. The number of nitrogens with zero attached hydrogens (tertiary/aromatic N) is 4. The monoisotopic (exact) mass is 296 g/mol. The standard InChI is InChI=1S/C13H14ClFN4O/c14-9-12-16-17-13(20-12)19-7-5-18(6-8-19)11-4-2-1-3-10(11)15/h1-4H,5-9H2. The summed E-state index contributed by atoms with van der Waals surface area (Å²) in [5, 5.41) is 7.80. The summed E-state index contributed by atoms with van der Waals surface area (Å²) >= 11 is 5.64. The molecule has 2 heterocycles. The van der Waals surface area contributed by atoms with Gasteiger partial charge in [-0.25, -0.2) is 4.39 Å². The predicted molar refractivity (Wildman–Crippen MR) is 74.7 cm³/mol. The van der Waals surface area contributed by atoms with Gasteiger partial charge >= 0.3 is 6.01 Å². The molecule has 1 aromatic heterocycles. The molecule has 7 heteroatoms. The summed E-state index contributed by atoms with van der Waals surface area (Å²) in [5.41, 5.74) is 0.638. The van der Waals surface area contributed by atoms with Gasteiger partial charge in [0.25, 0.3) is 0 Å². The zero-order valence-electron chi connectivity index (χ0n) is 10.8. The topological polar surface area (TPSA) is 45.4 Å². The second-order valence-electron chi connectivity index (χ2n) is 4.54. The maximum Gasteiger partial charge on any atom is 0.318 e. The summed E-state index contributed by atoms with van der Waals surface area (Å²) in [6, 6.07) is 7.29. The lowest BCUT2D eigenvalue weighted by Gasteiger charge is -2.35. The molecule has 0 N–H and O–H groups in total. The van der Waals surface area contributed by atoms with Crippen molar-refractivity contribution < 1.29 is 8.81 Å². The highest BCUT2D eigenvalue weighted by molar-refractivity contribution is 6.16. The third kappa shape index (κ3) is 2.56. The number of benzene rings is 1. The number of anilines is 2. The first-order valence-corrected chi connectivity index (χ1v) is 6.94. The van der Waals surface area contributed by atoms with E-state index in [1.165, 1.54) is 6.07 Å². The molecule has 0 amide bonds. The summed E-state index contributed by atoms with van der Waals surface area (Å²) in [5.74, 6) is 0.434. The fourth-order valence-corrected chi connectivity index (χ4v) is 2.38. The van der Waals surface area contributed by atoms with Gasteiger partial charge in [-0.2, -0.15) is 0 Å². The van der Waals surface area contributed by atoms with Crippen molar-refractivity contribution >= 4 is 23.3 Å². The largest absolute Gasteiger partial charge is 0.407 e. The van der Waals surface area contributed by atoms with Crippen molar-refractivity contribution in [3.63, 3.8) is 0 Å². The molecule has 20 heavy (non-hydrogen) atoms. The highest BCUT2D eigenvalue weighted by Crippen LogP contribution is 2.22. The SMILES string of the molecule is Fc1ccccc1N1CCN(c2nnc(CCl)o2)CC1.